The van der Waals surface area contributed by atoms with Crippen molar-refractivity contribution in [3.8, 4) is 5.69 Å². The number of nitrogens with one attached hydrogen (secondary N) is 1. The molecule has 3 aromatic heterocycles. The van der Waals surface area contributed by atoms with Crippen LogP contribution in [0.1, 0.15) is 22.5 Å². The van der Waals surface area contributed by atoms with Crippen molar-refractivity contribution in [2.45, 2.75) is 19.4 Å². The van der Waals surface area contributed by atoms with E-state index in [2.05, 4.69) is 37.7 Å². The average molecular weight is 404 g/mol. The van der Waals surface area contributed by atoms with Crippen LogP contribution in [0.2, 0.25) is 0 Å². The second-order valence-corrected chi connectivity index (χ2v) is 7.54. The second-order valence-electron chi connectivity index (χ2n) is 7.54. The Morgan fingerprint density at radius 1 is 1.20 bits per heavy atom. The van der Waals surface area contributed by atoms with E-state index in [0.717, 1.165) is 24.3 Å². The molecule has 4 heterocycles. The highest BCUT2D eigenvalue weighted by Crippen LogP contribution is 2.26. The molecule has 8 heteroatoms. The third kappa shape index (κ3) is 3.30. The number of fused-ring (bicyclic) bond motifs is 1. The first kappa shape index (κ1) is 18.4. The number of aromatic nitrogens is 4. The molecule has 0 radical (unpaired) electrons. The van der Waals surface area contributed by atoms with Gasteiger partial charge in [-0.3, -0.25) is 4.79 Å². The number of benzene rings is 1. The maximum absolute atomic E-state index is 13.4. The summed E-state index contributed by atoms with van der Waals surface area (Å²) in [7, 11) is 0. The van der Waals surface area contributed by atoms with Crippen molar-refractivity contribution in [3.63, 3.8) is 0 Å². The zero-order chi connectivity index (χ0) is 20.7. The normalized spacial score (nSPS) is 16.3. The number of nitrogens with zero attached hydrogens (tertiary/aromatic N) is 5. The van der Waals surface area contributed by atoms with Crippen molar-refractivity contribution in [3.05, 3.63) is 78.3 Å². The minimum absolute atomic E-state index is 0.00847. The summed E-state index contributed by atoms with van der Waals surface area (Å²) in [6, 6.07) is 9.82. The summed E-state index contributed by atoms with van der Waals surface area (Å²) in [6.45, 7) is 3.58. The summed E-state index contributed by atoms with van der Waals surface area (Å²) in [6.07, 6.45) is 8.26. The molecule has 0 aliphatic carbocycles. The van der Waals surface area contributed by atoms with Crippen molar-refractivity contribution in [2.75, 3.05) is 18.0 Å². The van der Waals surface area contributed by atoms with Gasteiger partial charge in [0.15, 0.2) is 11.5 Å². The number of carbonyl (C=O) groups excluding carboxylic acids is 1. The number of rotatable bonds is 4. The lowest BCUT2D eigenvalue weighted by atomic mass is 10.2. The zero-order valence-electron chi connectivity index (χ0n) is 16.5. The Kier molecular flexibility index (Phi) is 4.46. The quantitative estimate of drug-likeness (QED) is 0.568. The summed E-state index contributed by atoms with van der Waals surface area (Å²) < 4.78 is 17.0. The molecular formula is C22H21FN6O. The van der Waals surface area contributed by atoms with E-state index in [-0.39, 0.29) is 17.8 Å². The summed E-state index contributed by atoms with van der Waals surface area (Å²) in [5.74, 6) is 0.357. The van der Waals surface area contributed by atoms with Gasteiger partial charge in [0.25, 0.3) is 5.91 Å². The SMILES string of the molecule is Cc1ccn2ccnc(N3CC[C@H](NC(=O)c4ccn(-c5cccc(F)c5)n4)C3)c12. The van der Waals surface area contributed by atoms with E-state index in [1.165, 1.54) is 22.4 Å². The van der Waals surface area contributed by atoms with Gasteiger partial charge in [-0.1, -0.05) is 6.07 Å². The number of carbonyl (C=O) groups is 1. The largest absolute Gasteiger partial charge is 0.353 e. The molecule has 1 aliphatic heterocycles. The fourth-order valence-electron chi connectivity index (χ4n) is 3.97. The van der Waals surface area contributed by atoms with Crippen molar-refractivity contribution >= 4 is 17.2 Å². The second kappa shape index (κ2) is 7.29. The van der Waals surface area contributed by atoms with E-state index in [1.54, 1.807) is 30.6 Å². The highest BCUT2D eigenvalue weighted by atomic mass is 19.1. The first-order valence-electron chi connectivity index (χ1n) is 9.88. The van der Waals surface area contributed by atoms with Crippen LogP contribution in [0.4, 0.5) is 10.2 Å². The van der Waals surface area contributed by atoms with E-state index < -0.39 is 0 Å². The van der Waals surface area contributed by atoms with Crippen LogP contribution in [-0.2, 0) is 0 Å². The van der Waals surface area contributed by atoms with Gasteiger partial charge in [0.05, 0.1) is 11.2 Å². The van der Waals surface area contributed by atoms with Crippen molar-refractivity contribution < 1.29 is 9.18 Å². The molecule has 30 heavy (non-hydrogen) atoms. The van der Waals surface area contributed by atoms with Gasteiger partial charge in [0, 0.05) is 43.9 Å². The molecule has 0 unspecified atom stereocenters. The lowest BCUT2D eigenvalue weighted by Gasteiger charge is -2.19. The smallest absolute Gasteiger partial charge is 0.272 e. The number of amides is 1. The Hall–Kier alpha value is -3.68. The molecule has 1 N–H and O–H groups in total. The van der Waals surface area contributed by atoms with Crippen LogP contribution in [0, 0.1) is 12.7 Å². The van der Waals surface area contributed by atoms with Gasteiger partial charge in [0.2, 0.25) is 0 Å². The van der Waals surface area contributed by atoms with Crippen molar-refractivity contribution in [1.82, 2.24) is 24.5 Å². The number of aryl methyl sites for hydroxylation is 1. The summed E-state index contributed by atoms with van der Waals surface area (Å²) in [4.78, 5) is 19.5. The Morgan fingerprint density at radius 3 is 2.97 bits per heavy atom. The molecule has 1 aromatic carbocycles. The van der Waals surface area contributed by atoms with Crippen LogP contribution in [0.5, 0.6) is 0 Å². The maximum Gasteiger partial charge on any atom is 0.272 e. The Balaban J connectivity index is 1.28. The van der Waals surface area contributed by atoms with E-state index in [4.69, 9.17) is 0 Å². The maximum atomic E-state index is 13.4. The monoisotopic (exact) mass is 404 g/mol. The molecule has 0 spiro atoms. The first-order valence-corrected chi connectivity index (χ1v) is 9.88. The number of anilines is 1. The minimum atomic E-state index is -0.345. The van der Waals surface area contributed by atoms with Gasteiger partial charge in [-0.05, 0) is 49.2 Å². The average Bonchev–Trinajstić information content (AvgIpc) is 3.48. The standard InChI is InChI=1S/C22H21FN6O/c1-15-5-9-27-12-8-24-21(20(15)27)28-10-6-17(14-28)25-22(30)19-7-11-29(26-19)18-4-2-3-16(23)13-18/h2-5,7-9,11-13,17H,6,10,14H2,1H3,(H,25,30)/t17-/m0/s1. The summed E-state index contributed by atoms with van der Waals surface area (Å²) in [5.41, 5.74) is 3.15. The topological polar surface area (TPSA) is 67.5 Å². The molecule has 1 amide bonds. The predicted molar refractivity (Wildman–Crippen MR) is 112 cm³/mol. The highest BCUT2D eigenvalue weighted by molar-refractivity contribution is 5.92. The lowest BCUT2D eigenvalue weighted by Crippen LogP contribution is -2.37. The van der Waals surface area contributed by atoms with Gasteiger partial charge < -0.3 is 14.6 Å². The third-order valence-electron chi connectivity index (χ3n) is 5.47. The Labute approximate surface area is 172 Å². The molecular weight excluding hydrogens is 383 g/mol. The van der Waals surface area contributed by atoms with Gasteiger partial charge in [0.1, 0.15) is 5.82 Å². The molecule has 152 valence electrons. The lowest BCUT2D eigenvalue weighted by molar-refractivity contribution is 0.0935. The summed E-state index contributed by atoms with van der Waals surface area (Å²) in [5, 5.41) is 7.36. The Bertz CT molecular complexity index is 1230. The zero-order valence-corrected chi connectivity index (χ0v) is 16.5. The molecule has 7 nitrogen and oxygen atoms in total. The van der Waals surface area contributed by atoms with Gasteiger partial charge in [-0.2, -0.15) is 5.10 Å². The van der Waals surface area contributed by atoms with Crippen LogP contribution < -0.4 is 10.2 Å². The first-order chi connectivity index (χ1) is 14.6. The van der Waals surface area contributed by atoms with Crippen molar-refractivity contribution in [1.29, 1.82) is 0 Å². The van der Waals surface area contributed by atoms with E-state index in [1.807, 2.05) is 12.4 Å². The number of hydrogen-bond donors (Lipinski definition) is 1. The molecule has 1 saturated heterocycles. The molecule has 1 fully saturated rings. The van der Waals surface area contributed by atoms with Crippen LogP contribution in [-0.4, -0.2) is 44.2 Å². The minimum Gasteiger partial charge on any atom is -0.353 e. The highest BCUT2D eigenvalue weighted by Gasteiger charge is 2.27. The van der Waals surface area contributed by atoms with Crippen LogP contribution in [0.3, 0.4) is 0 Å². The predicted octanol–water partition coefficient (Wildman–Crippen LogP) is 2.98. The van der Waals surface area contributed by atoms with E-state index in [9.17, 15) is 9.18 Å². The van der Waals surface area contributed by atoms with Gasteiger partial charge >= 0.3 is 0 Å². The summed E-state index contributed by atoms with van der Waals surface area (Å²) >= 11 is 0. The molecule has 0 bridgehead atoms. The van der Waals surface area contributed by atoms with Gasteiger partial charge in [-0.15, -0.1) is 0 Å². The van der Waals surface area contributed by atoms with Crippen LogP contribution >= 0.6 is 0 Å². The van der Waals surface area contributed by atoms with E-state index >= 15 is 0 Å². The number of hydrogen-bond acceptors (Lipinski definition) is 4. The van der Waals surface area contributed by atoms with Crippen LogP contribution in [0.25, 0.3) is 11.2 Å². The molecule has 1 atom stereocenters. The van der Waals surface area contributed by atoms with Gasteiger partial charge in [-0.25, -0.2) is 14.1 Å². The fraction of sp³-hybridized carbons (Fsp3) is 0.227. The fourth-order valence-corrected chi connectivity index (χ4v) is 3.97. The third-order valence-corrected chi connectivity index (χ3v) is 5.47. The Morgan fingerprint density at radius 2 is 2.10 bits per heavy atom. The van der Waals surface area contributed by atoms with Crippen molar-refractivity contribution in [2.24, 2.45) is 0 Å². The van der Waals surface area contributed by atoms with E-state index in [0.29, 0.717) is 17.9 Å². The molecule has 1 aliphatic rings. The van der Waals surface area contributed by atoms with Crippen LogP contribution in [0.15, 0.2) is 61.2 Å². The molecule has 0 saturated carbocycles. The molecule has 5 rings (SSSR count). The molecule has 4 aromatic rings. The number of halogens is 1.